The molecule has 8 heteroatoms. The molecule has 0 bridgehead atoms. The van der Waals surface area contributed by atoms with Crippen molar-refractivity contribution in [3.63, 3.8) is 0 Å². The molecule has 2 rings (SSSR count). The zero-order valence-corrected chi connectivity index (χ0v) is 14.4. The molecule has 0 fully saturated rings. The number of primary amides is 1. The van der Waals surface area contributed by atoms with Crippen LogP contribution in [0.4, 0.5) is 0 Å². The summed E-state index contributed by atoms with van der Waals surface area (Å²) in [5.41, 5.74) is 6.89. The van der Waals surface area contributed by atoms with Gasteiger partial charge < -0.3 is 15.8 Å². The Balaban J connectivity index is 0.00000264. The van der Waals surface area contributed by atoms with E-state index in [-0.39, 0.29) is 19.0 Å². The van der Waals surface area contributed by atoms with Crippen molar-refractivity contribution in [2.45, 2.75) is 13.1 Å². The first-order valence-electron chi connectivity index (χ1n) is 6.55. The van der Waals surface area contributed by atoms with Crippen LogP contribution in [0, 0.1) is 0 Å². The summed E-state index contributed by atoms with van der Waals surface area (Å²) in [4.78, 5) is 14.9. The van der Waals surface area contributed by atoms with Gasteiger partial charge in [0.2, 0.25) is 0 Å². The molecule has 1 heterocycles. The molecule has 0 aliphatic heterocycles. The summed E-state index contributed by atoms with van der Waals surface area (Å²) in [5.74, 6) is -0.163. The van der Waals surface area contributed by atoms with Crippen LogP contribution in [0.2, 0.25) is 10.0 Å². The van der Waals surface area contributed by atoms with E-state index < -0.39 is 5.91 Å². The first kappa shape index (κ1) is 19.5. The molecule has 0 radical (unpaired) electrons. The molecule has 1 aromatic carbocycles. The first-order chi connectivity index (χ1) is 10.6. The van der Waals surface area contributed by atoms with Gasteiger partial charge >= 0.3 is 0 Å². The van der Waals surface area contributed by atoms with E-state index in [9.17, 15) is 4.79 Å². The van der Waals surface area contributed by atoms with Crippen molar-refractivity contribution in [1.29, 1.82) is 0 Å². The Morgan fingerprint density at radius 1 is 1.30 bits per heavy atom. The molecule has 0 aliphatic rings. The van der Waals surface area contributed by atoms with Gasteiger partial charge in [-0.3, -0.25) is 9.78 Å². The first-order valence-corrected chi connectivity index (χ1v) is 7.30. The van der Waals surface area contributed by atoms with E-state index in [0.717, 1.165) is 11.1 Å². The summed E-state index contributed by atoms with van der Waals surface area (Å²) < 4.78 is 5.37. The third-order valence-corrected chi connectivity index (χ3v) is 3.31. The van der Waals surface area contributed by atoms with Crippen molar-refractivity contribution in [1.82, 2.24) is 10.3 Å². The van der Waals surface area contributed by atoms with E-state index in [1.54, 1.807) is 24.5 Å². The quantitative estimate of drug-likeness (QED) is 0.779. The standard InChI is InChI=1S/C15H15Cl2N3O2.ClH/c16-12-4-11(8-20-7-10-2-1-3-19-6-10)15(13(17)5-12)22-9-14(18)21;/h1-6,20H,7-9H2,(H2,18,21);1H. The molecule has 124 valence electrons. The number of hydrogen-bond donors (Lipinski definition) is 2. The van der Waals surface area contributed by atoms with Crippen molar-refractivity contribution >= 4 is 41.5 Å². The monoisotopic (exact) mass is 375 g/mol. The summed E-state index contributed by atoms with van der Waals surface area (Å²) in [5, 5.41) is 4.08. The third-order valence-electron chi connectivity index (χ3n) is 2.81. The van der Waals surface area contributed by atoms with Gasteiger partial charge in [0.1, 0.15) is 5.75 Å². The average Bonchev–Trinajstić information content (AvgIpc) is 2.47. The molecule has 5 nitrogen and oxygen atoms in total. The van der Waals surface area contributed by atoms with Gasteiger partial charge in [-0.1, -0.05) is 29.3 Å². The Kier molecular flexibility index (Phi) is 8.12. The topological polar surface area (TPSA) is 77.2 Å². The zero-order valence-electron chi connectivity index (χ0n) is 12.1. The van der Waals surface area contributed by atoms with Crippen molar-refractivity contribution in [2.24, 2.45) is 5.73 Å². The lowest BCUT2D eigenvalue weighted by atomic mass is 10.2. The SMILES string of the molecule is Cl.NC(=O)COc1c(Cl)cc(Cl)cc1CNCc1cccnc1. The Morgan fingerprint density at radius 3 is 2.74 bits per heavy atom. The predicted molar refractivity (Wildman–Crippen MR) is 93.2 cm³/mol. The molecule has 0 aliphatic carbocycles. The van der Waals surface area contributed by atoms with Gasteiger partial charge in [0.15, 0.2) is 6.61 Å². The molecule has 3 N–H and O–H groups in total. The highest BCUT2D eigenvalue weighted by Gasteiger charge is 2.12. The van der Waals surface area contributed by atoms with E-state index in [1.807, 2.05) is 12.1 Å². The van der Waals surface area contributed by atoms with Crippen LogP contribution >= 0.6 is 35.6 Å². The number of ether oxygens (including phenoxy) is 1. The number of benzene rings is 1. The molecule has 0 saturated heterocycles. The summed E-state index contributed by atoms with van der Waals surface area (Å²) in [7, 11) is 0. The largest absolute Gasteiger partial charge is 0.482 e. The summed E-state index contributed by atoms with van der Waals surface area (Å²) in [6.07, 6.45) is 3.50. The molecule has 0 saturated carbocycles. The fourth-order valence-electron chi connectivity index (χ4n) is 1.89. The molecule has 1 aromatic heterocycles. The van der Waals surface area contributed by atoms with Crippen LogP contribution in [-0.4, -0.2) is 17.5 Å². The molecule has 0 unspecified atom stereocenters. The average molecular weight is 377 g/mol. The molecule has 23 heavy (non-hydrogen) atoms. The highest BCUT2D eigenvalue weighted by molar-refractivity contribution is 6.35. The van der Waals surface area contributed by atoms with E-state index in [0.29, 0.717) is 28.9 Å². The lowest BCUT2D eigenvalue weighted by Crippen LogP contribution is -2.21. The third kappa shape index (κ3) is 6.23. The number of carbonyl (C=O) groups is 1. The summed E-state index contributed by atoms with van der Waals surface area (Å²) in [6, 6.07) is 7.13. The van der Waals surface area contributed by atoms with Gasteiger partial charge in [-0.25, -0.2) is 0 Å². The highest BCUT2D eigenvalue weighted by atomic mass is 35.5. The van der Waals surface area contributed by atoms with Crippen LogP contribution in [0.25, 0.3) is 0 Å². The van der Waals surface area contributed by atoms with Crippen LogP contribution in [0.3, 0.4) is 0 Å². The minimum Gasteiger partial charge on any atom is -0.482 e. The van der Waals surface area contributed by atoms with E-state index in [4.69, 9.17) is 33.7 Å². The van der Waals surface area contributed by atoms with E-state index in [1.165, 1.54) is 0 Å². The van der Waals surface area contributed by atoms with Gasteiger partial charge in [0.25, 0.3) is 5.91 Å². The van der Waals surface area contributed by atoms with Crippen molar-refractivity contribution in [3.05, 3.63) is 57.8 Å². The fourth-order valence-corrected chi connectivity index (χ4v) is 2.48. The second-order valence-corrected chi connectivity index (χ2v) is 5.44. The van der Waals surface area contributed by atoms with E-state index in [2.05, 4.69) is 10.3 Å². The molecule has 0 spiro atoms. The smallest absolute Gasteiger partial charge is 0.255 e. The minimum atomic E-state index is -0.569. The number of hydrogen-bond acceptors (Lipinski definition) is 4. The Labute approximate surface area is 150 Å². The van der Waals surface area contributed by atoms with Crippen LogP contribution in [0.1, 0.15) is 11.1 Å². The van der Waals surface area contributed by atoms with Gasteiger partial charge in [-0.15, -0.1) is 12.4 Å². The Morgan fingerprint density at radius 2 is 2.09 bits per heavy atom. The number of nitrogens with zero attached hydrogens (tertiary/aromatic N) is 1. The number of nitrogens with two attached hydrogens (primary N) is 1. The van der Waals surface area contributed by atoms with Crippen LogP contribution in [0.5, 0.6) is 5.75 Å². The maximum atomic E-state index is 10.9. The predicted octanol–water partition coefficient (Wildman–Crippen LogP) is 2.96. The van der Waals surface area contributed by atoms with Crippen molar-refractivity contribution in [3.8, 4) is 5.75 Å². The number of rotatable bonds is 7. The summed E-state index contributed by atoms with van der Waals surface area (Å²) >= 11 is 12.1. The van der Waals surface area contributed by atoms with Crippen molar-refractivity contribution in [2.75, 3.05) is 6.61 Å². The molecular weight excluding hydrogens is 361 g/mol. The normalized spacial score (nSPS) is 10.0. The number of pyridine rings is 1. The molecule has 1 amide bonds. The number of aromatic nitrogens is 1. The minimum absolute atomic E-state index is 0. The van der Waals surface area contributed by atoms with Gasteiger partial charge in [0.05, 0.1) is 5.02 Å². The van der Waals surface area contributed by atoms with Gasteiger partial charge in [-0.05, 0) is 23.8 Å². The van der Waals surface area contributed by atoms with Crippen LogP contribution in [0.15, 0.2) is 36.7 Å². The molecular formula is C15H16Cl3N3O2. The number of halogens is 3. The number of carbonyl (C=O) groups excluding carboxylic acids is 1. The Bertz CT molecular complexity index is 654. The van der Waals surface area contributed by atoms with Gasteiger partial charge in [-0.2, -0.15) is 0 Å². The van der Waals surface area contributed by atoms with Crippen molar-refractivity contribution < 1.29 is 9.53 Å². The maximum absolute atomic E-state index is 10.9. The number of amides is 1. The highest BCUT2D eigenvalue weighted by Crippen LogP contribution is 2.32. The van der Waals surface area contributed by atoms with Crippen LogP contribution < -0.4 is 15.8 Å². The second kappa shape index (κ2) is 9.57. The molecule has 2 aromatic rings. The van der Waals surface area contributed by atoms with Gasteiger partial charge in [0, 0.05) is 36.1 Å². The maximum Gasteiger partial charge on any atom is 0.255 e. The lowest BCUT2D eigenvalue weighted by Gasteiger charge is -2.13. The lowest BCUT2D eigenvalue weighted by molar-refractivity contribution is -0.119. The second-order valence-electron chi connectivity index (χ2n) is 4.60. The number of nitrogens with one attached hydrogen (secondary N) is 1. The fraction of sp³-hybridized carbons (Fsp3) is 0.200. The van der Waals surface area contributed by atoms with E-state index >= 15 is 0 Å². The van der Waals surface area contributed by atoms with Crippen LogP contribution in [-0.2, 0) is 17.9 Å². The zero-order chi connectivity index (χ0) is 15.9. The molecule has 0 atom stereocenters. The summed E-state index contributed by atoms with van der Waals surface area (Å²) in [6.45, 7) is 0.869. The Hall–Kier alpha value is -1.53.